The summed E-state index contributed by atoms with van der Waals surface area (Å²) in [7, 11) is 0. The molecule has 1 aromatic heterocycles. The molecule has 1 N–H and O–H groups in total. The van der Waals surface area contributed by atoms with Gasteiger partial charge in [-0.3, -0.25) is 9.69 Å². The Balaban J connectivity index is 1.97. The van der Waals surface area contributed by atoms with Crippen molar-refractivity contribution in [2.45, 2.75) is 45.7 Å². The van der Waals surface area contributed by atoms with Crippen LogP contribution >= 0.6 is 11.3 Å². The Kier molecular flexibility index (Phi) is 3.49. The predicted octanol–water partition coefficient (Wildman–Crippen LogP) is 2.16. The van der Waals surface area contributed by atoms with Gasteiger partial charge in [0.2, 0.25) is 5.91 Å². The lowest BCUT2D eigenvalue weighted by Crippen LogP contribution is -2.28. The standard InChI is InChI=1S/C12H19N3OS/c1-4-15(9(2)16)11-14-10(8-17-11)7-13-12(3)5-6-12/h8,13H,4-7H2,1-3H3. The molecule has 94 valence electrons. The summed E-state index contributed by atoms with van der Waals surface area (Å²) in [5.74, 6) is 0.0514. The first-order chi connectivity index (χ1) is 8.04. The summed E-state index contributed by atoms with van der Waals surface area (Å²) in [4.78, 5) is 17.6. The Morgan fingerprint density at radius 3 is 2.88 bits per heavy atom. The number of anilines is 1. The van der Waals surface area contributed by atoms with E-state index >= 15 is 0 Å². The molecule has 1 heterocycles. The fraction of sp³-hybridized carbons (Fsp3) is 0.667. The average Bonchev–Trinajstić information content (AvgIpc) is 2.84. The molecule has 4 nitrogen and oxygen atoms in total. The zero-order chi connectivity index (χ0) is 12.5. The molecule has 0 spiro atoms. The second-order valence-electron chi connectivity index (χ2n) is 4.80. The molecule has 2 rings (SSSR count). The van der Waals surface area contributed by atoms with Gasteiger partial charge in [-0.2, -0.15) is 0 Å². The highest BCUT2D eigenvalue weighted by atomic mass is 32.1. The van der Waals surface area contributed by atoms with E-state index < -0.39 is 0 Å². The van der Waals surface area contributed by atoms with Crippen LogP contribution in [-0.4, -0.2) is 23.0 Å². The lowest BCUT2D eigenvalue weighted by molar-refractivity contribution is -0.116. The van der Waals surface area contributed by atoms with Gasteiger partial charge in [0, 0.05) is 30.9 Å². The summed E-state index contributed by atoms with van der Waals surface area (Å²) in [5.41, 5.74) is 1.35. The molecule has 1 saturated carbocycles. The minimum Gasteiger partial charge on any atom is -0.306 e. The summed E-state index contributed by atoms with van der Waals surface area (Å²) < 4.78 is 0. The van der Waals surface area contributed by atoms with Crippen molar-refractivity contribution in [1.29, 1.82) is 0 Å². The third-order valence-electron chi connectivity index (χ3n) is 3.16. The lowest BCUT2D eigenvalue weighted by Gasteiger charge is -2.14. The first kappa shape index (κ1) is 12.5. The van der Waals surface area contributed by atoms with Crippen LogP contribution in [0.15, 0.2) is 5.38 Å². The smallest absolute Gasteiger partial charge is 0.225 e. The number of carbonyl (C=O) groups is 1. The van der Waals surface area contributed by atoms with Gasteiger partial charge >= 0.3 is 0 Å². The molecule has 0 bridgehead atoms. The fourth-order valence-electron chi connectivity index (χ4n) is 1.66. The van der Waals surface area contributed by atoms with Gasteiger partial charge in [-0.05, 0) is 26.7 Å². The van der Waals surface area contributed by atoms with E-state index in [-0.39, 0.29) is 5.91 Å². The van der Waals surface area contributed by atoms with E-state index in [0.717, 1.165) is 17.4 Å². The molecule has 0 atom stereocenters. The van der Waals surface area contributed by atoms with Gasteiger partial charge < -0.3 is 5.32 Å². The molecule has 0 unspecified atom stereocenters. The quantitative estimate of drug-likeness (QED) is 0.874. The maximum absolute atomic E-state index is 11.4. The van der Waals surface area contributed by atoms with E-state index in [4.69, 9.17) is 0 Å². The van der Waals surface area contributed by atoms with Gasteiger partial charge in [-0.25, -0.2) is 4.98 Å². The SMILES string of the molecule is CCN(C(C)=O)c1nc(CNC2(C)CC2)cs1. The Morgan fingerprint density at radius 1 is 1.65 bits per heavy atom. The molecule has 5 heteroatoms. The molecule has 0 aliphatic heterocycles. The Hall–Kier alpha value is -0.940. The number of nitrogens with one attached hydrogen (secondary N) is 1. The Morgan fingerprint density at radius 2 is 2.35 bits per heavy atom. The van der Waals surface area contributed by atoms with Crippen molar-refractivity contribution in [3.8, 4) is 0 Å². The number of amides is 1. The average molecular weight is 253 g/mol. The van der Waals surface area contributed by atoms with E-state index in [1.165, 1.54) is 24.2 Å². The molecule has 0 saturated heterocycles. The predicted molar refractivity (Wildman–Crippen MR) is 70.3 cm³/mol. The van der Waals surface area contributed by atoms with Crippen LogP contribution in [-0.2, 0) is 11.3 Å². The summed E-state index contributed by atoms with van der Waals surface area (Å²) >= 11 is 1.54. The summed E-state index contributed by atoms with van der Waals surface area (Å²) in [6.07, 6.45) is 2.50. The van der Waals surface area contributed by atoms with Gasteiger partial charge in [-0.1, -0.05) is 0 Å². The third kappa shape index (κ3) is 3.04. The molecular formula is C12H19N3OS. The van der Waals surface area contributed by atoms with E-state index in [1.807, 2.05) is 12.3 Å². The van der Waals surface area contributed by atoms with Crippen molar-refractivity contribution in [2.24, 2.45) is 0 Å². The molecular weight excluding hydrogens is 234 g/mol. The van der Waals surface area contributed by atoms with Crippen LogP contribution in [0.4, 0.5) is 5.13 Å². The first-order valence-corrected chi connectivity index (χ1v) is 6.89. The number of carbonyl (C=O) groups excluding carboxylic acids is 1. The van der Waals surface area contributed by atoms with E-state index in [9.17, 15) is 4.79 Å². The zero-order valence-electron chi connectivity index (χ0n) is 10.6. The van der Waals surface area contributed by atoms with E-state index in [0.29, 0.717) is 12.1 Å². The molecule has 1 aliphatic carbocycles. The van der Waals surface area contributed by atoms with Crippen molar-refractivity contribution in [3.63, 3.8) is 0 Å². The van der Waals surface area contributed by atoms with Crippen LogP contribution in [0.1, 0.15) is 39.3 Å². The van der Waals surface area contributed by atoms with Crippen molar-refractivity contribution in [3.05, 3.63) is 11.1 Å². The Labute approximate surface area is 106 Å². The highest BCUT2D eigenvalue weighted by molar-refractivity contribution is 7.14. The van der Waals surface area contributed by atoms with E-state index in [1.54, 1.807) is 11.8 Å². The Bertz CT molecular complexity index is 412. The maximum atomic E-state index is 11.4. The van der Waals surface area contributed by atoms with Gasteiger partial charge in [0.15, 0.2) is 5.13 Å². The van der Waals surface area contributed by atoms with Crippen LogP contribution in [0.2, 0.25) is 0 Å². The second kappa shape index (κ2) is 4.74. The highest BCUT2D eigenvalue weighted by Crippen LogP contribution is 2.34. The molecule has 1 fully saturated rings. The molecule has 1 aromatic rings. The van der Waals surface area contributed by atoms with Crippen molar-refractivity contribution >= 4 is 22.4 Å². The third-order valence-corrected chi connectivity index (χ3v) is 4.08. The summed E-state index contributed by atoms with van der Waals surface area (Å²) in [6, 6.07) is 0. The van der Waals surface area contributed by atoms with Crippen LogP contribution in [0.5, 0.6) is 0 Å². The summed E-state index contributed by atoms with van der Waals surface area (Å²) in [6.45, 7) is 7.24. The molecule has 1 aliphatic rings. The number of aromatic nitrogens is 1. The van der Waals surface area contributed by atoms with Crippen LogP contribution in [0.25, 0.3) is 0 Å². The van der Waals surface area contributed by atoms with Gasteiger partial charge in [0.1, 0.15) is 0 Å². The van der Waals surface area contributed by atoms with Crippen LogP contribution < -0.4 is 10.2 Å². The van der Waals surface area contributed by atoms with E-state index in [2.05, 4.69) is 17.2 Å². The van der Waals surface area contributed by atoms with Crippen molar-refractivity contribution in [1.82, 2.24) is 10.3 Å². The molecule has 17 heavy (non-hydrogen) atoms. The summed E-state index contributed by atoms with van der Waals surface area (Å²) in [5, 5.41) is 6.32. The lowest BCUT2D eigenvalue weighted by atomic mass is 10.3. The number of rotatable bonds is 5. The van der Waals surface area contributed by atoms with Gasteiger partial charge in [-0.15, -0.1) is 11.3 Å². The minimum atomic E-state index is 0.0514. The highest BCUT2D eigenvalue weighted by Gasteiger charge is 2.36. The van der Waals surface area contributed by atoms with Crippen LogP contribution in [0, 0.1) is 0 Å². The van der Waals surface area contributed by atoms with Crippen molar-refractivity contribution in [2.75, 3.05) is 11.4 Å². The largest absolute Gasteiger partial charge is 0.306 e. The van der Waals surface area contributed by atoms with Gasteiger partial charge in [0.25, 0.3) is 0 Å². The number of hydrogen-bond acceptors (Lipinski definition) is 4. The van der Waals surface area contributed by atoms with Gasteiger partial charge in [0.05, 0.1) is 5.69 Å². The maximum Gasteiger partial charge on any atom is 0.225 e. The topological polar surface area (TPSA) is 45.2 Å². The van der Waals surface area contributed by atoms with Crippen molar-refractivity contribution < 1.29 is 4.79 Å². The zero-order valence-corrected chi connectivity index (χ0v) is 11.4. The second-order valence-corrected chi connectivity index (χ2v) is 5.64. The first-order valence-electron chi connectivity index (χ1n) is 6.01. The number of nitrogens with zero attached hydrogens (tertiary/aromatic N) is 2. The minimum absolute atomic E-state index is 0.0514. The van der Waals surface area contributed by atoms with Crippen LogP contribution in [0.3, 0.4) is 0 Å². The molecule has 0 radical (unpaired) electrons. The fourth-order valence-corrected chi connectivity index (χ4v) is 2.59. The number of thiazole rings is 1. The monoisotopic (exact) mass is 253 g/mol. The molecule has 1 amide bonds. The normalized spacial score (nSPS) is 16.9. The number of hydrogen-bond donors (Lipinski definition) is 1. The molecule has 0 aromatic carbocycles.